The van der Waals surface area contributed by atoms with Crippen molar-refractivity contribution in [2.75, 3.05) is 31.6 Å². The van der Waals surface area contributed by atoms with E-state index in [2.05, 4.69) is 26.8 Å². The SMILES string of the molecule is Br.COc1c(N2CCC(C(=O)O)C2)cc(C(=O)CN2Cc3ccc(C4CC4)nc3C2=N)cc1C(C)(C)C. The topological polar surface area (TPSA) is 107 Å². The molecule has 2 N–H and O–H groups in total. The summed E-state index contributed by atoms with van der Waals surface area (Å²) < 4.78 is 5.82. The van der Waals surface area contributed by atoms with Crippen molar-refractivity contribution in [3.63, 3.8) is 0 Å². The van der Waals surface area contributed by atoms with Gasteiger partial charge in [-0.3, -0.25) is 15.0 Å². The zero-order valence-electron chi connectivity index (χ0n) is 21.8. The Morgan fingerprint density at radius 2 is 1.92 bits per heavy atom. The molecule has 0 radical (unpaired) electrons. The molecule has 5 rings (SSSR count). The molecule has 3 heterocycles. The second kappa shape index (κ2) is 10.1. The average Bonchev–Trinajstić information content (AvgIpc) is 3.48. The third-order valence-electron chi connectivity index (χ3n) is 7.51. The van der Waals surface area contributed by atoms with Gasteiger partial charge in [0, 0.05) is 47.9 Å². The number of halogens is 1. The number of aliphatic carboxylic acids is 1. The number of methoxy groups -OCH3 is 1. The van der Waals surface area contributed by atoms with Crippen molar-refractivity contribution >= 4 is 40.3 Å². The Balaban J connectivity index is 0.00000320. The summed E-state index contributed by atoms with van der Waals surface area (Å²) in [6.45, 7) is 7.78. The van der Waals surface area contributed by atoms with Gasteiger partial charge < -0.3 is 19.6 Å². The van der Waals surface area contributed by atoms with Crippen LogP contribution in [0.3, 0.4) is 0 Å². The lowest BCUT2D eigenvalue weighted by Gasteiger charge is -2.29. The van der Waals surface area contributed by atoms with Crippen molar-refractivity contribution in [1.29, 1.82) is 5.41 Å². The largest absolute Gasteiger partial charge is 0.494 e. The summed E-state index contributed by atoms with van der Waals surface area (Å²) in [6.07, 6.45) is 2.86. The van der Waals surface area contributed by atoms with Crippen LogP contribution >= 0.6 is 17.0 Å². The van der Waals surface area contributed by atoms with Crippen LogP contribution in [0.2, 0.25) is 0 Å². The first kappa shape index (κ1) is 27.1. The van der Waals surface area contributed by atoms with Gasteiger partial charge in [-0.1, -0.05) is 26.8 Å². The van der Waals surface area contributed by atoms with Gasteiger partial charge in [0.25, 0.3) is 0 Å². The molecule has 37 heavy (non-hydrogen) atoms. The Bertz CT molecular complexity index is 1250. The van der Waals surface area contributed by atoms with E-state index in [1.54, 1.807) is 12.0 Å². The molecule has 1 saturated heterocycles. The molecular weight excluding hydrogens is 536 g/mol. The van der Waals surface area contributed by atoms with Gasteiger partial charge in [0.2, 0.25) is 0 Å². The number of nitrogens with zero attached hydrogens (tertiary/aromatic N) is 3. The fourth-order valence-corrected chi connectivity index (χ4v) is 5.24. The number of carbonyl (C=O) groups is 2. The third kappa shape index (κ3) is 5.23. The van der Waals surface area contributed by atoms with Gasteiger partial charge in [-0.05, 0) is 42.9 Å². The molecule has 1 saturated carbocycles. The Labute approximate surface area is 228 Å². The second-order valence-corrected chi connectivity index (χ2v) is 11.2. The standard InChI is InChI=1S/C28H34N4O4.BrH/c1-28(2,3)20-11-19(12-22(25(20)36-4)31-10-9-18(14-31)27(34)35)23(33)15-32-13-17-7-8-21(16-5-6-16)30-24(17)26(32)29;/h7-8,11-12,16,18,29H,5-6,9-10,13-15H2,1-4H3,(H,34,35);1H. The van der Waals surface area contributed by atoms with E-state index in [-0.39, 0.29) is 34.7 Å². The van der Waals surface area contributed by atoms with Crippen LogP contribution in [-0.4, -0.2) is 59.3 Å². The first-order valence-electron chi connectivity index (χ1n) is 12.6. The van der Waals surface area contributed by atoms with E-state index in [0.717, 1.165) is 35.3 Å². The maximum absolute atomic E-state index is 13.6. The number of ketones is 1. The van der Waals surface area contributed by atoms with Gasteiger partial charge in [0.05, 0.1) is 25.3 Å². The van der Waals surface area contributed by atoms with E-state index in [1.165, 1.54) is 0 Å². The number of fused-ring (bicyclic) bond motifs is 1. The summed E-state index contributed by atoms with van der Waals surface area (Å²) in [7, 11) is 1.62. The normalized spacial score (nSPS) is 19.0. The molecule has 1 aromatic heterocycles. The number of nitrogens with one attached hydrogen (secondary N) is 1. The number of carboxylic acid groups (broad SMARTS) is 1. The highest BCUT2D eigenvalue weighted by atomic mass is 79.9. The molecule has 0 spiro atoms. The van der Waals surface area contributed by atoms with Crippen LogP contribution in [0.1, 0.15) is 78.8 Å². The number of benzene rings is 1. The number of carboxylic acids is 1. The quantitative estimate of drug-likeness (QED) is 0.461. The summed E-state index contributed by atoms with van der Waals surface area (Å²) >= 11 is 0. The number of hydrogen-bond donors (Lipinski definition) is 2. The molecule has 2 aromatic rings. The number of Topliss-reactive ketones (excluding diaryl/α,β-unsaturated/α-hetero) is 1. The van der Waals surface area contributed by atoms with Crippen molar-refractivity contribution in [3.8, 4) is 5.75 Å². The van der Waals surface area contributed by atoms with Gasteiger partial charge in [-0.25, -0.2) is 4.98 Å². The molecular formula is C28H35BrN4O4. The lowest BCUT2D eigenvalue weighted by molar-refractivity contribution is -0.140. The fraction of sp³-hybridized carbons (Fsp3) is 0.500. The lowest BCUT2D eigenvalue weighted by Crippen LogP contribution is -2.31. The fourth-order valence-electron chi connectivity index (χ4n) is 5.24. The van der Waals surface area contributed by atoms with Crippen LogP contribution < -0.4 is 9.64 Å². The zero-order chi connectivity index (χ0) is 25.8. The molecule has 9 heteroatoms. The summed E-state index contributed by atoms with van der Waals surface area (Å²) in [5, 5.41) is 18.2. The smallest absolute Gasteiger partial charge is 0.308 e. The van der Waals surface area contributed by atoms with Crippen molar-refractivity contribution in [2.45, 2.75) is 57.9 Å². The van der Waals surface area contributed by atoms with E-state index in [4.69, 9.17) is 15.1 Å². The van der Waals surface area contributed by atoms with Crippen LogP contribution in [0.5, 0.6) is 5.75 Å². The lowest BCUT2D eigenvalue weighted by atomic mass is 9.84. The minimum Gasteiger partial charge on any atom is -0.494 e. The van der Waals surface area contributed by atoms with E-state index in [9.17, 15) is 14.7 Å². The van der Waals surface area contributed by atoms with Crippen LogP contribution in [0.15, 0.2) is 24.3 Å². The number of carbonyl (C=O) groups excluding carboxylic acids is 1. The van der Waals surface area contributed by atoms with Crippen molar-refractivity contribution in [1.82, 2.24) is 9.88 Å². The Morgan fingerprint density at radius 3 is 2.51 bits per heavy atom. The highest BCUT2D eigenvalue weighted by Gasteiger charge is 2.34. The molecule has 1 aliphatic carbocycles. The zero-order valence-corrected chi connectivity index (χ0v) is 23.5. The van der Waals surface area contributed by atoms with Gasteiger partial charge >= 0.3 is 5.97 Å². The number of anilines is 1. The van der Waals surface area contributed by atoms with Gasteiger partial charge in [-0.15, -0.1) is 17.0 Å². The maximum atomic E-state index is 13.6. The number of hydrogen-bond acceptors (Lipinski definition) is 6. The number of rotatable bonds is 7. The number of pyridine rings is 1. The minimum absolute atomic E-state index is 0. The molecule has 2 aliphatic heterocycles. The second-order valence-electron chi connectivity index (χ2n) is 11.2. The molecule has 0 amide bonds. The van der Waals surface area contributed by atoms with E-state index in [1.807, 2.05) is 23.1 Å². The summed E-state index contributed by atoms with van der Waals surface area (Å²) in [5.41, 5.74) is 4.64. The monoisotopic (exact) mass is 570 g/mol. The average molecular weight is 572 g/mol. The van der Waals surface area contributed by atoms with Crippen LogP contribution in [0.4, 0.5) is 5.69 Å². The van der Waals surface area contributed by atoms with Gasteiger partial charge in [-0.2, -0.15) is 0 Å². The van der Waals surface area contributed by atoms with E-state index < -0.39 is 11.9 Å². The molecule has 1 unspecified atom stereocenters. The predicted octanol–water partition coefficient (Wildman–Crippen LogP) is 4.78. The first-order valence-corrected chi connectivity index (χ1v) is 12.6. The molecule has 0 bridgehead atoms. The number of ether oxygens (including phenoxy) is 1. The minimum atomic E-state index is -0.801. The maximum Gasteiger partial charge on any atom is 0.308 e. The van der Waals surface area contributed by atoms with E-state index in [0.29, 0.717) is 54.8 Å². The Hall–Kier alpha value is -2.94. The predicted molar refractivity (Wildman–Crippen MR) is 148 cm³/mol. The third-order valence-corrected chi connectivity index (χ3v) is 7.51. The van der Waals surface area contributed by atoms with Gasteiger partial charge in [0.1, 0.15) is 17.3 Å². The van der Waals surface area contributed by atoms with Crippen LogP contribution in [0, 0.1) is 11.3 Å². The Morgan fingerprint density at radius 1 is 1.19 bits per heavy atom. The molecule has 1 atom stereocenters. The molecule has 3 aliphatic rings. The summed E-state index contributed by atoms with van der Waals surface area (Å²) in [5.74, 6) is 0.170. The molecule has 2 fully saturated rings. The van der Waals surface area contributed by atoms with Crippen LogP contribution in [-0.2, 0) is 16.8 Å². The molecule has 1 aromatic carbocycles. The highest BCUT2D eigenvalue weighted by molar-refractivity contribution is 8.93. The summed E-state index contributed by atoms with van der Waals surface area (Å²) in [6, 6.07) is 7.83. The molecule has 8 nitrogen and oxygen atoms in total. The van der Waals surface area contributed by atoms with Gasteiger partial charge in [0.15, 0.2) is 5.78 Å². The highest BCUT2D eigenvalue weighted by Crippen LogP contribution is 2.42. The first-order chi connectivity index (χ1) is 17.1. The van der Waals surface area contributed by atoms with E-state index >= 15 is 0 Å². The van der Waals surface area contributed by atoms with Crippen molar-refractivity contribution in [3.05, 3.63) is 52.3 Å². The molecule has 198 valence electrons. The van der Waals surface area contributed by atoms with Crippen molar-refractivity contribution < 1.29 is 19.4 Å². The number of amidine groups is 1. The van der Waals surface area contributed by atoms with Crippen LogP contribution in [0.25, 0.3) is 0 Å². The summed E-state index contributed by atoms with van der Waals surface area (Å²) in [4.78, 5) is 33.7. The van der Waals surface area contributed by atoms with Crippen molar-refractivity contribution in [2.24, 2.45) is 5.92 Å². The Kier molecular flexibility index (Phi) is 7.38. The number of aromatic nitrogens is 1.